The van der Waals surface area contributed by atoms with Gasteiger partial charge in [0.25, 0.3) is 5.56 Å². The van der Waals surface area contributed by atoms with Gasteiger partial charge in [0, 0.05) is 35.4 Å². The molecule has 4 rings (SSSR count). The predicted molar refractivity (Wildman–Crippen MR) is 142 cm³/mol. The van der Waals surface area contributed by atoms with Crippen molar-refractivity contribution >= 4 is 43.1 Å². The number of hydrogen-bond donors (Lipinski definition) is 1. The van der Waals surface area contributed by atoms with E-state index in [9.17, 15) is 9.59 Å². The van der Waals surface area contributed by atoms with Crippen molar-refractivity contribution in [3.8, 4) is 0 Å². The smallest absolute Gasteiger partial charge is 0.276 e. The summed E-state index contributed by atoms with van der Waals surface area (Å²) < 4.78 is 3.34. The minimum absolute atomic E-state index is 0.158. The number of fused-ring (bicyclic) bond motifs is 3. The van der Waals surface area contributed by atoms with Gasteiger partial charge >= 0.3 is 0 Å². The maximum atomic E-state index is 13.4. The van der Waals surface area contributed by atoms with Gasteiger partial charge in [0.15, 0.2) is 0 Å². The van der Waals surface area contributed by atoms with Gasteiger partial charge in [-0.25, -0.2) is 4.68 Å². The number of carbonyl (C=O) groups excluding carboxylic acids is 1. The van der Waals surface area contributed by atoms with Crippen LogP contribution >= 0.6 is 11.3 Å². The molecule has 1 N–H and O–H groups in total. The summed E-state index contributed by atoms with van der Waals surface area (Å²) in [7, 11) is 0. The highest BCUT2D eigenvalue weighted by Gasteiger charge is 2.24. The molecule has 178 valence electrons. The van der Waals surface area contributed by atoms with Crippen LogP contribution in [0.3, 0.4) is 0 Å². The van der Waals surface area contributed by atoms with Crippen molar-refractivity contribution < 1.29 is 4.79 Å². The summed E-state index contributed by atoms with van der Waals surface area (Å²) in [6.07, 6.45) is 1.32. The molecule has 2 aromatic heterocycles. The number of aromatic nitrogens is 2. The molecule has 0 aliphatic heterocycles. The Morgan fingerprint density at radius 2 is 1.94 bits per heavy atom. The molecule has 0 saturated heterocycles. The van der Waals surface area contributed by atoms with Crippen molar-refractivity contribution in [2.45, 2.75) is 46.6 Å². The van der Waals surface area contributed by atoms with Crippen LogP contribution in [0.2, 0.25) is 0 Å². The molecule has 34 heavy (non-hydrogen) atoms. The maximum Gasteiger partial charge on any atom is 0.276 e. The van der Waals surface area contributed by atoms with Crippen LogP contribution in [0.4, 0.5) is 5.69 Å². The van der Waals surface area contributed by atoms with E-state index in [0.717, 1.165) is 40.0 Å². The first-order valence-electron chi connectivity index (χ1n) is 11.9. The van der Waals surface area contributed by atoms with Crippen molar-refractivity contribution in [1.82, 2.24) is 15.1 Å². The van der Waals surface area contributed by atoms with Crippen LogP contribution in [-0.2, 0) is 4.79 Å². The lowest BCUT2D eigenvalue weighted by atomic mass is 10.1. The molecule has 7 heteroatoms. The van der Waals surface area contributed by atoms with E-state index in [1.165, 1.54) is 15.9 Å². The Balaban J connectivity index is 1.48. The third-order valence-electron chi connectivity index (χ3n) is 6.24. The zero-order chi connectivity index (χ0) is 24.2. The number of anilines is 1. The molecule has 0 aliphatic rings. The van der Waals surface area contributed by atoms with E-state index in [1.807, 2.05) is 38.1 Å². The highest BCUT2D eigenvalue weighted by molar-refractivity contribution is 7.26. The van der Waals surface area contributed by atoms with Crippen LogP contribution in [0.1, 0.15) is 44.0 Å². The summed E-state index contributed by atoms with van der Waals surface area (Å²) in [6.45, 7) is 10.4. The molecule has 4 aromatic rings. The molecule has 2 heterocycles. The Labute approximate surface area is 204 Å². The van der Waals surface area contributed by atoms with Crippen molar-refractivity contribution in [2.24, 2.45) is 0 Å². The molecular formula is C27H32N4O2S. The van der Waals surface area contributed by atoms with Crippen molar-refractivity contribution in [3.05, 3.63) is 70.1 Å². The number of nitrogens with one attached hydrogen (secondary N) is 1. The normalized spacial score (nSPS) is 12.2. The molecule has 1 amide bonds. The molecule has 0 spiro atoms. The van der Waals surface area contributed by atoms with Crippen molar-refractivity contribution in [2.75, 3.05) is 24.5 Å². The van der Waals surface area contributed by atoms with Gasteiger partial charge in [-0.2, -0.15) is 5.10 Å². The van der Waals surface area contributed by atoms with Crippen LogP contribution in [0.5, 0.6) is 0 Å². The second-order valence-electron chi connectivity index (χ2n) is 8.62. The molecular weight excluding hydrogens is 444 g/mol. The standard InChI is InChI=1S/C27H32N4O2S/c1-5-22(26(32)28-15-10-16-30(6-2)20-12-9-11-18(3)17-20)31-27(33)24-21-13-7-8-14-23(21)34-25(24)19(4)29-31/h7-9,11-14,17,22H,5-6,10,15-16H2,1-4H3,(H,28,32). The Morgan fingerprint density at radius 3 is 2.68 bits per heavy atom. The summed E-state index contributed by atoms with van der Waals surface area (Å²) in [5, 5.41) is 9.18. The van der Waals surface area contributed by atoms with Crippen molar-refractivity contribution in [1.29, 1.82) is 0 Å². The summed E-state index contributed by atoms with van der Waals surface area (Å²) in [5.74, 6) is -0.158. The summed E-state index contributed by atoms with van der Waals surface area (Å²) in [6, 6.07) is 15.7. The van der Waals surface area contributed by atoms with Crippen molar-refractivity contribution in [3.63, 3.8) is 0 Å². The molecule has 1 unspecified atom stereocenters. The van der Waals surface area contributed by atoms with Crippen LogP contribution in [0.15, 0.2) is 53.3 Å². The van der Waals surface area contributed by atoms with Gasteiger partial charge in [-0.05, 0) is 57.4 Å². The lowest BCUT2D eigenvalue weighted by Gasteiger charge is -2.24. The molecule has 1 atom stereocenters. The van der Waals surface area contributed by atoms with E-state index in [-0.39, 0.29) is 11.5 Å². The van der Waals surface area contributed by atoms with Gasteiger partial charge in [0.1, 0.15) is 6.04 Å². The molecule has 6 nitrogen and oxygen atoms in total. The minimum atomic E-state index is -0.631. The summed E-state index contributed by atoms with van der Waals surface area (Å²) in [5.41, 5.74) is 3.01. The number of hydrogen-bond acceptors (Lipinski definition) is 5. The number of nitrogens with zero attached hydrogens (tertiary/aromatic N) is 3. The third-order valence-corrected chi connectivity index (χ3v) is 7.52. The summed E-state index contributed by atoms with van der Waals surface area (Å²) >= 11 is 1.58. The SMILES string of the molecule is CCC(C(=O)NCCCN(CC)c1cccc(C)c1)n1nc(C)c2sc3ccccc3c2c1=O. The Morgan fingerprint density at radius 1 is 1.15 bits per heavy atom. The van der Waals surface area contributed by atoms with E-state index in [0.29, 0.717) is 18.4 Å². The number of thiophene rings is 1. The second kappa shape index (κ2) is 10.4. The Hall–Kier alpha value is -3.19. The Kier molecular flexibility index (Phi) is 7.32. The van der Waals surface area contributed by atoms with E-state index < -0.39 is 6.04 Å². The first kappa shape index (κ1) is 24.0. The average Bonchev–Trinajstić information content (AvgIpc) is 3.23. The number of rotatable bonds is 9. The topological polar surface area (TPSA) is 67.2 Å². The van der Waals surface area contributed by atoms with Gasteiger partial charge in [-0.1, -0.05) is 37.3 Å². The fraction of sp³-hybridized carbons (Fsp3) is 0.370. The van der Waals surface area contributed by atoms with E-state index in [1.54, 1.807) is 11.3 Å². The number of benzene rings is 2. The zero-order valence-corrected chi connectivity index (χ0v) is 21.1. The maximum absolute atomic E-state index is 13.4. The van der Waals surface area contributed by atoms with Crippen LogP contribution in [0, 0.1) is 13.8 Å². The quantitative estimate of drug-likeness (QED) is 0.337. The van der Waals surface area contributed by atoms with Crippen LogP contribution < -0.4 is 15.8 Å². The second-order valence-corrected chi connectivity index (χ2v) is 9.68. The minimum Gasteiger partial charge on any atom is -0.372 e. The van der Waals surface area contributed by atoms with Gasteiger partial charge in [-0.15, -0.1) is 11.3 Å². The van der Waals surface area contributed by atoms with Crippen LogP contribution in [0.25, 0.3) is 20.2 Å². The van der Waals surface area contributed by atoms with E-state index >= 15 is 0 Å². The van der Waals surface area contributed by atoms with Gasteiger partial charge in [0.05, 0.1) is 15.8 Å². The molecule has 0 radical (unpaired) electrons. The largest absolute Gasteiger partial charge is 0.372 e. The molecule has 0 saturated carbocycles. The van der Waals surface area contributed by atoms with Crippen LogP contribution in [-0.4, -0.2) is 35.3 Å². The molecule has 0 aliphatic carbocycles. The number of carbonyl (C=O) groups is 1. The Bertz CT molecular complexity index is 1370. The molecule has 0 fully saturated rings. The lowest BCUT2D eigenvalue weighted by molar-refractivity contribution is -0.124. The number of amides is 1. The zero-order valence-electron chi connectivity index (χ0n) is 20.3. The predicted octanol–water partition coefficient (Wildman–Crippen LogP) is 5.21. The monoisotopic (exact) mass is 476 g/mol. The molecule has 2 aromatic carbocycles. The highest BCUT2D eigenvalue weighted by Crippen LogP contribution is 2.33. The van der Waals surface area contributed by atoms with Gasteiger partial charge < -0.3 is 10.2 Å². The lowest BCUT2D eigenvalue weighted by Crippen LogP contribution is -2.39. The summed E-state index contributed by atoms with van der Waals surface area (Å²) in [4.78, 5) is 28.8. The fourth-order valence-electron chi connectivity index (χ4n) is 4.45. The van der Waals surface area contributed by atoms with E-state index in [2.05, 4.69) is 53.4 Å². The first-order chi connectivity index (χ1) is 16.4. The first-order valence-corrected chi connectivity index (χ1v) is 12.8. The van der Waals surface area contributed by atoms with Gasteiger partial charge in [-0.3, -0.25) is 9.59 Å². The average molecular weight is 477 g/mol. The number of aryl methyl sites for hydroxylation is 2. The highest BCUT2D eigenvalue weighted by atomic mass is 32.1. The molecule has 0 bridgehead atoms. The fourth-order valence-corrected chi connectivity index (χ4v) is 5.59. The van der Waals surface area contributed by atoms with E-state index in [4.69, 9.17) is 0 Å². The van der Waals surface area contributed by atoms with Gasteiger partial charge in [0.2, 0.25) is 5.91 Å². The third kappa shape index (κ3) is 4.71.